The zero-order valence-corrected chi connectivity index (χ0v) is 11.0. The van der Waals surface area contributed by atoms with Gasteiger partial charge in [-0.25, -0.2) is 12.8 Å². The number of hydrogen-bond donors (Lipinski definition) is 2. The van der Waals surface area contributed by atoms with Crippen LogP contribution in [-0.2, 0) is 14.8 Å². The minimum atomic E-state index is -4.22. The summed E-state index contributed by atoms with van der Waals surface area (Å²) in [5.41, 5.74) is -1.15. The molecule has 7 heteroatoms. The van der Waals surface area contributed by atoms with Crippen molar-refractivity contribution in [2.24, 2.45) is 0 Å². The number of nitrogens with one attached hydrogen (secondary N) is 1. The highest BCUT2D eigenvalue weighted by molar-refractivity contribution is 7.89. The lowest BCUT2D eigenvalue weighted by Gasteiger charge is -2.21. The van der Waals surface area contributed by atoms with E-state index in [1.165, 1.54) is 19.9 Å². The molecule has 0 saturated heterocycles. The Morgan fingerprint density at radius 1 is 1.39 bits per heavy atom. The summed E-state index contributed by atoms with van der Waals surface area (Å²) in [6.45, 7) is 3.97. The lowest BCUT2D eigenvalue weighted by Crippen LogP contribution is -2.49. The van der Waals surface area contributed by atoms with Gasteiger partial charge in [-0.05, 0) is 38.5 Å². The fourth-order valence-electron chi connectivity index (χ4n) is 1.25. The summed E-state index contributed by atoms with van der Waals surface area (Å²) in [4.78, 5) is 10.3. The van der Waals surface area contributed by atoms with Crippen molar-refractivity contribution in [3.8, 4) is 0 Å². The molecule has 1 aromatic rings. The van der Waals surface area contributed by atoms with Gasteiger partial charge in [0, 0.05) is 0 Å². The number of sulfonamides is 1. The fourth-order valence-corrected chi connectivity index (χ4v) is 2.79. The number of halogens is 1. The van der Waals surface area contributed by atoms with Crippen LogP contribution >= 0.6 is 0 Å². The quantitative estimate of drug-likeness (QED) is 0.867. The maximum atomic E-state index is 13.5. The van der Waals surface area contributed by atoms with Crippen LogP contribution in [0.1, 0.15) is 19.4 Å². The molecule has 1 aromatic carbocycles. The van der Waals surface area contributed by atoms with Gasteiger partial charge < -0.3 is 5.11 Å². The summed E-state index contributed by atoms with van der Waals surface area (Å²) in [5.74, 6) is -2.27. The molecule has 100 valence electrons. The SMILES string of the molecule is Cc1ccc(F)c(S(=O)(=O)NC(C)(C)C(=O)O)c1. The van der Waals surface area contributed by atoms with Crippen LogP contribution in [0.4, 0.5) is 4.39 Å². The predicted octanol–water partition coefficient (Wildman–Crippen LogP) is 1.28. The average Bonchev–Trinajstić information content (AvgIpc) is 2.19. The predicted molar refractivity (Wildman–Crippen MR) is 63.2 cm³/mol. The van der Waals surface area contributed by atoms with E-state index in [1.54, 1.807) is 6.92 Å². The third kappa shape index (κ3) is 3.05. The van der Waals surface area contributed by atoms with Gasteiger partial charge in [-0.15, -0.1) is 0 Å². The zero-order valence-electron chi connectivity index (χ0n) is 10.2. The van der Waals surface area contributed by atoms with E-state index < -0.39 is 32.2 Å². The van der Waals surface area contributed by atoms with Crippen molar-refractivity contribution in [2.75, 3.05) is 0 Å². The van der Waals surface area contributed by atoms with Gasteiger partial charge in [0.05, 0.1) is 0 Å². The molecule has 0 aromatic heterocycles. The third-order valence-corrected chi connectivity index (χ3v) is 3.97. The second-order valence-corrected chi connectivity index (χ2v) is 6.12. The highest BCUT2D eigenvalue weighted by Gasteiger charge is 2.34. The van der Waals surface area contributed by atoms with Crippen LogP contribution in [-0.4, -0.2) is 25.0 Å². The van der Waals surface area contributed by atoms with Gasteiger partial charge in [-0.3, -0.25) is 4.79 Å². The molecule has 2 N–H and O–H groups in total. The molecule has 0 amide bonds. The van der Waals surface area contributed by atoms with E-state index in [2.05, 4.69) is 0 Å². The molecule has 0 spiro atoms. The molecule has 5 nitrogen and oxygen atoms in total. The van der Waals surface area contributed by atoms with Crippen LogP contribution in [0.3, 0.4) is 0 Å². The third-order valence-electron chi connectivity index (χ3n) is 2.30. The highest BCUT2D eigenvalue weighted by Crippen LogP contribution is 2.18. The molecule has 0 aliphatic carbocycles. The zero-order chi connectivity index (χ0) is 14.1. The fraction of sp³-hybridized carbons (Fsp3) is 0.364. The Morgan fingerprint density at radius 3 is 2.44 bits per heavy atom. The van der Waals surface area contributed by atoms with E-state index in [1.807, 2.05) is 4.72 Å². The van der Waals surface area contributed by atoms with Crippen LogP contribution in [0, 0.1) is 12.7 Å². The van der Waals surface area contributed by atoms with E-state index in [-0.39, 0.29) is 0 Å². The summed E-state index contributed by atoms with van der Waals surface area (Å²) >= 11 is 0. The molecule has 0 aliphatic heterocycles. The van der Waals surface area contributed by atoms with Crippen molar-refractivity contribution >= 4 is 16.0 Å². The first-order valence-corrected chi connectivity index (χ1v) is 6.58. The first kappa shape index (κ1) is 14.6. The van der Waals surface area contributed by atoms with Crippen molar-refractivity contribution in [3.63, 3.8) is 0 Å². The Labute approximate surface area is 105 Å². The normalized spacial score (nSPS) is 12.4. The first-order valence-electron chi connectivity index (χ1n) is 5.10. The minimum Gasteiger partial charge on any atom is -0.480 e. The molecular weight excluding hydrogens is 261 g/mol. The monoisotopic (exact) mass is 275 g/mol. The number of rotatable bonds is 4. The summed E-state index contributed by atoms with van der Waals surface area (Å²) in [5, 5.41) is 8.85. The Morgan fingerprint density at radius 2 is 1.94 bits per heavy atom. The Kier molecular flexibility index (Phi) is 3.78. The maximum absolute atomic E-state index is 13.5. The first-order chi connectivity index (χ1) is 8.06. The number of hydrogen-bond acceptors (Lipinski definition) is 3. The van der Waals surface area contributed by atoms with Gasteiger partial charge in [0.25, 0.3) is 0 Å². The average molecular weight is 275 g/mol. The number of carboxylic acids is 1. The second-order valence-electron chi connectivity index (χ2n) is 4.47. The summed E-state index contributed by atoms with van der Waals surface area (Å²) in [6.07, 6.45) is 0. The van der Waals surface area contributed by atoms with Gasteiger partial charge in [0.2, 0.25) is 10.0 Å². The van der Waals surface area contributed by atoms with Crippen molar-refractivity contribution < 1.29 is 22.7 Å². The minimum absolute atomic E-state index is 0.558. The summed E-state index contributed by atoms with van der Waals surface area (Å²) < 4.78 is 39.2. The highest BCUT2D eigenvalue weighted by atomic mass is 32.2. The van der Waals surface area contributed by atoms with Gasteiger partial charge in [-0.2, -0.15) is 4.72 Å². The molecule has 1 rings (SSSR count). The molecule has 0 unspecified atom stereocenters. The molecule has 0 fully saturated rings. The van der Waals surface area contributed by atoms with E-state index in [9.17, 15) is 17.6 Å². The maximum Gasteiger partial charge on any atom is 0.324 e. The molecule has 0 saturated carbocycles. The van der Waals surface area contributed by atoms with Gasteiger partial charge in [0.15, 0.2) is 0 Å². The van der Waals surface area contributed by atoms with Crippen molar-refractivity contribution in [1.82, 2.24) is 4.72 Å². The Hall–Kier alpha value is -1.47. The molecular formula is C11H14FNO4S. The van der Waals surface area contributed by atoms with E-state index in [0.717, 1.165) is 12.1 Å². The van der Waals surface area contributed by atoms with Crippen LogP contribution < -0.4 is 4.72 Å². The van der Waals surface area contributed by atoms with E-state index in [4.69, 9.17) is 5.11 Å². The molecule has 0 bridgehead atoms. The van der Waals surface area contributed by atoms with Crippen molar-refractivity contribution in [3.05, 3.63) is 29.6 Å². The topological polar surface area (TPSA) is 83.5 Å². The van der Waals surface area contributed by atoms with Crippen LogP contribution in [0.5, 0.6) is 0 Å². The number of carbonyl (C=O) groups is 1. The molecule has 18 heavy (non-hydrogen) atoms. The van der Waals surface area contributed by atoms with Crippen LogP contribution in [0.2, 0.25) is 0 Å². The lowest BCUT2D eigenvalue weighted by atomic mass is 10.1. The lowest BCUT2D eigenvalue weighted by molar-refractivity contribution is -0.142. The van der Waals surface area contributed by atoms with E-state index in [0.29, 0.717) is 5.56 Å². The summed E-state index contributed by atoms with van der Waals surface area (Å²) in [6, 6.07) is 3.60. The Bertz CT molecular complexity index is 581. The van der Waals surface area contributed by atoms with Crippen molar-refractivity contribution in [1.29, 1.82) is 0 Å². The van der Waals surface area contributed by atoms with Gasteiger partial charge in [0.1, 0.15) is 16.3 Å². The van der Waals surface area contributed by atoms with Crippen molar-refractivity contribution in [2.45, 2.75) is 31.2 Å². The standard InChI is InChI=1S/C11H14FNO4S/c1-7-4-5-8(12)9(6-7)18(16,17)13-11(2,3)10(14)15/h4-6,13H,1-3H3,(H,14,15). The molecule has 0 aliphatic rings. The Balaban J connectivity index is 3.23. The number of aliphatic carboxylic acids is 1. The largest absolute Gasteiger partial charge is 0.480 e. The van der Waals surface area contributed by atoms with Gasteiger partial charge >= 0.3 is 5.97 Å². The van der Waals surface area contributed by atoms with Crippen LogP contribution in [0.15, 0.2) is 23.1 Å². The number of carboxylic acid groups (broad SMARTS) is 1. The second kappa shape index (κ2) is 4.66. The summed E-state index contributed by atoms with van der Waals surface area (Å²) in [7, 11) is -4.22. The molecule has 0 atom stereocenters. The van der Waals surface area contributed by atoms with E-state index >= 15 is 0 Å². The smallest absolute Gasteiger partial charge is 0.324 e. The number of aryl methyl sites for hydroxylation is 1. The number of benzene rings is 1. The molecule has 0 heterocycles. The molecule has 0 radical (unpaired) electrons. The van der Waals surface area contributed by atoms with Crippen LogP contribution in [0.25, 0.3) is 0 Å². The van der Waals surface area contributed by atoms with Gasteiger partial charge in [-0.1, -0.05) is 6.07 Å².